The van der Waals surface area contributed by atoms with Crippen LogP contribution in [0.25, 0.3) is 0 Å². The third-order valence-electron chi connectivity index (χ3n) is 4.84. The highest BCUT2D eigenvalue weighted by Crippen LogP contribution is 2.19. The molecule has 1 aliphatic heterocycles. The van der Waals surface area contributed by atoms with Crippen molar-refractivity contribution in [3.05, 3.63) is 66.2 Å². The zero-order chi connectivity index (χ0) is 19.6. The van der Waals surface area contributed by atoms with Crippen LogP contribution in [0.4, 0.5) is 5.69 Å². The van der Waals surface area contributed by atoms with Crippen molar-refractivity contribution in [2.75, 3.05) is 38.1 Å². The molecule has 6 nitrogen and oxygen atoms in total. The fourth-order valence-corrected chi connectivity index (χ4v) is 3.33. The lowest BCUT2D eigenvalue weighted by Gasteiger charge is -2.20. The van der Waals surface area contributed by atoms with Gasteiger partial charge in [0, 0.05) is 50.5 Å². The molecule has 1 amide bonds. The average molecular weight is 507 g/mol. The van der Waals surface area contributed by atoms with Crippen molar-refractivity contribution in [3.8, 4) is 0 Å². The SMILES string of the molecule is CN=C(NCCCNC(=O)c1ccccc1)NC1CCN(c2ccccc2)C1.I. The summed E-state index contributed by atoms with van der Waals surface area (Å²) in [7, 11) is 1.79. The van der Waals surface area contributed by atoms with Crippen molar-refractivity contribution in [2.24, 2.45) is 4.99 Å². The molecule has 3 N–H and O–H groups in total. The fraction of sp³-hybridized carbons (Fsp3) is 0.364. The summed E-state index contributed by atoms with van der Waals surface area (Å²) >= 11 is 0. The zero-order valence-corrected chi connectivity index (χ0v) is 19.1. The van der Waals surface area contributed by atoms with Gasteiger partial charge < -0.3 is 20.9 Å². The van der Waals surface area contributed by atoms with Gasteiger partial charge in [-0.1, -0.05) is 36.4 Å². The van der Waals surface area contributed by atoms with Gasteiger partial charge in [0.15, 0.2) is 5.96 Å². The van der Waals surface area contributed by atoms with E-state index in [1.54, 1.807) is 7.05 Å². The first-order valence-electron chi connectivity index (χ1n) is 9.86. The van der Waals surface area contributed by atoms with Crippen LogP contribution in [0.1, 0.15) is 23.2 Å². The standard InChI is InChI=1S/C22H29N5O.HI/c1-23-22(25-15-8-14-24-21(28)18-9-4-2-5-10-18)26-19-13-16-27(17-19)20-11-6-3-7-12-20;/h2-7,9-12,19H,8,13-17H2,1H3,(H,24,28)(H2,23,25,26);1H. The first-order valence-corrected chi connectivity index (χ1v) is 9.86. The smallest absolute Gasteiger partial charge is 0.251 e. The van der Waals surface area contributed by atoms with Crippen molar-refractivity contribution in [2.45, 2.75) is 18.9 Å². The molecule has 1 unspecified atom stereocenters. The van der Waals surface area contributed by atoms with Gasteiger partial charge in [-0.25, -0.2) is 0 Å². The largest absolute Gasteiger partial charge is 0.369 e. The highest BCUT2D eigenvalue weighted by atomic mass is 127. The van der Waals surface area contributed by atoms with Crippen LogP contribution < -0.4 is 20.9 Å². The second-order valence-electron chi connectivity index (χ2n) is 6.89. The Morgan fingerprint density at radius 1 is 1.03 bits per heavy atom. The maximum atomic E-state index is 12.0. The lowest BCUT2D eigenvalue weighted by Crippen LogP contribution is -2.45. The molecule has 29 heavy (non-hydrogen) atoms. The highest BCUT2D eigenvalue weighted by molar-refractivity contribution is 14.0. The normalized spacial score (nSPS) is 16.1. The Balaban J connectivity index is 0.00000300. The van der Waals surface area contributed by atoms with Gasteiger partial charge in [0.25, 0.3) is 5.91 Å². The summed E-state index contributed by atoms with van der Waals surface area (Å²) in [4.78, 5) is 18.7. The van der Waals surface area contributed by atoms with Gasteiger partial charge in [-0.2, -0.15) is 0 Å². The number of nitrogens with zero attached hydrogens (tertiary/aromatic N) is 2. The number of guanidine groups is 1. The van der Waals surface area contributed by atoms with E-state index in [-0.39, 0.29) is 29.9 Å². The molecule has 1 atom stereocenters. The van der Waals surface area contributed by atoms with Gasteiger partial charge in [-0.15, -0.1) is 24.0 Å². The number of anilines is 1. The van der Waals surface area contributed by atoms with Crippen LogP contribution in [0, 0.1) is 0 Å². The number of carbonyl (C=O) groups is 1. The lowest BCUT2D eigenvalue weighted by atomic mass is 10.2. The summed E-state index contributed by atoms with van der Waals surface area (Å²) in [5, 5.41) is 9.78. The average Bonchev–Trinajstić information content (AvgIpc) is 3.22. The summed E-state index contributed by atoms with van der Waals surface area (Å²) in [6, 6.07) is 20.2. The molecule has 7 heteroatoms. The minimum Gasteiger partial charge on any atom is -0.369 e. The van der Waals surface area contributed by atoms with Crippen LogP contribution in [0.15, 0.2) is 65.7 Å². The van der Waals surface area contributed by atoms with E-state index < -0.39 is 0 Å². The predicted octanol–water partition coefficient (Wildman–Crippen LogP) is 2.87. The van der Waals surface area contributed by atoms with Crippen LogP contribution in [0.3, 0.4) is 0 Å². The Hall–Kier alpha value is -2.29. The molecule has 1 heterocycles. The monoisotopic (exact) mass is 507 g/mol. The Bertz CT molecular complexity index is 769. The Kier molecular flexibility index (Phi) is 9.76. The van der Waals surface area contributed by atoms with E-state index in [1.807, 2.05) is 36.4 Å². The molecule has 2 aromatic carbocycles. The summed E-state index contributed by atoms with van der Waals surface area (Å²) < 4.78 is 0. The van der Waals surface area contributed by atoms with E-state index in [9.17, 15) is 4.79 Å². The van der Waals surface area contributed by atoms with E-state index >= 15 is 0 Å². The number of carbonyl (C=O) groups excluding carboxylic acids is 1. The number of halogens is 1. The van der Waals surface area contributed by atoms with Gasteiger partial charge in [0.05, 0.1) is 0 Å². The second-order valence-corrected chi connectivity index (χ2v) is 6.89. The van der Waals surface area contributed by atoms with E-state index in [0.29, 0.717) is 18.2 Å². The summed E-state index contributed by atoms with van der Waals surface area (Å²) in [6.45, 7) is 3.40. The zero-order valence-electron chi connectivity index (χ0n) is 16.8. The summed E-state index contributed by atoms with van der Waals surface area (Å²) in [6.07, 6.45) is 1.92. The number of para-hydroxylation sites is 1. The Morgan fingerprint density at radius 2 is 1.69 bits per heavy atom. The van der Waals surface area contributed by atoms with Crippen LogP contribution >= 0.6 is 24.0 Å². The molecule has 1 aliphatic rings. The van der Waals surface area contributed by atoms with E-state index in [0.717, 1.165) is 38.4 Å². The Labute approximate surface area is 190 Å². The number of aliphatic imine (C=N–C) groups is 1. The molecule has 0 radical (unpaired) electrons. The summed E-state index contributed by atoms with van der Waals surface area (Å²) in [5.74, 6) is 0.782. The molecule has 0 aliphatic carbocycles. The predicted molar refractivity (Wildman–Crippen MR) is 130 cm³/mol. The van der Waals surface area contributed by atoms with Crippen molar-refractivity contribution in [3.63, 3.8) is 0 Å². The van der Waals surface area contributed by atoms with E-state index in [2.05, 4.69) is 50.1 Å². The molecule has 1 fully saturated rings. The first-order chi connectivity index (χ1) is 13.8. The van der Waals surface area contributed by atoms with Crippen molar-refractivity contribution < 1.29 is 4.79 Å². The topological polar surface area (TPSA) is 68.8 Å². The number of hydrogen-bond donors (Lipinski definition) is 3. The third-order valence-corrected chi connectivity index (χ3v) is 4.84. The number of benzene rings is 2. The van der Waals surface area contributed by atoms with Crippen molar-refractivity contribution >= 4 is 41.5 Å². The molecule has 0 bridgehead atoms. The number of nitrogens with one attached hydrogen (secondary N) is 3. The van der Waals surface area contributed by atoms with E-state index in [4.69, 9.17) is 0 Å². The molecular weight excluding hydrogens is 477 g/mol. The third kappa shape index (κ3) is 7.23. The van der Waals surface area contributed by atoms with Crippen LogP contribution in [-0.2, 0) is 0 Å². The molecule has 156 valence electrons. The minimum absolute atomic E-state index is 0. The van der Waals surface area contributed by atoms with Crippen LogP contribution in [-0.4, -0.2) is 51.1 Å². The molecule has 0 saturated carbocycles. The Morgan fingerprint density at radius 3 is 2.38 bits per heavy atom. The molecule has 1 saturated heterocycles. The lowest BCUT2D eigenvalue weighted by molar-refractivity contribution is 0.0953. The molecule has 0 aromatic heterocycles. The maximum Gasteiger partial charge on any atom is 0.251 e. The van der Waals surface area contributed by atoms with Crippen molar-refractivity contribution in [1.29, 1.82) is 0 Å². The molecule has 2 aromatic rings. The number of hydrogen-bond acceptors (Lipinski definition) is 3. The van der Waals surface area contributed by atoms with Gasteiger partial charge >= 0.3 is 0 Å². The minimum atomic E-state index is -0.0323. The van der Waals surface area contributed by atoms with Crippen molar-refractivity contribution in [1.82, 2.24) is 16.0 Å². The molecule has 3 rings (SSSR count). The van der Waals surface area contributed by atoms with Gasteiger partial charge in [-0.05, 0) is 37.1 Å². The van der Waals surface area contributed by atoms with Gasteiger partial charge in [0.1, 0.15) is 0 Å². The number of rotatable bonds is 7. The van der Waals surface area contributed by atoms with Gasteiger partial charge in [0.2, 0.25) is 0 Å². The van der Waals surface area contributed by atoms with Crippen LogP contribution in [0.2, 0.25) is 0 Å². The highest BCUT2D eigenvalue weighted by Gasteiger charge is 2.23. The number of amides is 1. The summed E-state index contributed by atoms with van der Waals surface area (Å²) in [5.41, 5.74) is 1.96. The van der Waals surface area contributed by atoms with Gasteiger partial charge in [-0.3, -0.25) is 9.79 Å². The fourth-order valence-electron chi connectivity index (χ4n) is 3.33. The quantitative estimate of drug-likeness (QED) is 0.234. The molecular formula is C22H30IN5O. The second kappa shape index (κ2) is 12.3. The van der Waals surface area contributed by atoms with E-state index in [1.165, 1.54) is 5.69 Å². The molecule has 0 spiro atoms. The first kappa shape index (κ1) is 23.0. The van der Waals surface area contributed by atoms with Crippen LogP contribution in [0.5, 0.6) is 0 Å². The maximum absolute atomic E-state index is 12.0.